The van der Waals surface area contributed by atoms with Gasteiger partial charge in [-0.05, 0) is 67.2 Å². The molecule has 0 unspecified atom stereocenters. The third-order valence-corrected chi connectivity index (χ3v) is 4.30. The van der Waals surface area contributed by atoms with Gasteiger partial charge in [-0.25, -0.2) is 0 Å². The number of hydrogen-bond acceptors (Lipinski definition) is 2. The molecule has 2 aromatic carbocycles. The summed E-state index contributed by atoms with van der Waals surface area (Å²) in [6.07, 6.45) is 2.70. The van der Waals surface area contributed by atoms with Crippen molar-refractivity contribution >= 4 is 0 Å². The number of likely N-dealkylation sites (tertiary alicyclic amines) is 1. The molecular weight excluding hydrogens is 258 g/mol. The van der Waals surface area contributed by atoms with E-state index in [1.54, 1.807) is 7.11 Å². The van der Waals surface area contributed by atoms with Gasteiger partial charge in [0.1, 0.15) is 5.75 Å². The Kier molecular flexibility index (Phi) is 4.26. The van der Waals surface area contributed by atoms with E-state index in [1.165, 1.54) is 48.2 Å². The predicted molar refractivity (Wildman–Crippen MR) is 87.7 cm³/mol. The molecule has 0 aromatic heterocycles. The molecule has 1 saturated heterocycles. The van der Waals surface area contributed by atoms with Gasteiger partial charge in [-0.3, -0.25) is 4.90 Å². The molecule has 0 N–H and O–H groups in total. The second-order valence-electron chi connectivity index (χ2n) is 5.86. The van der Waals surface area contributed by atoms with Gasteiger partial charge in [-0.15, -0.1) is 0 Å². The maximum Gasteiger partial charge on any atom is 0.118 e. The maximum absolute atomic E-state index is 5.22. The monoisotopic (exact) mass is 281 g/mol. The Morgan fingerprint density at radius 3 is 2.33 bits per heavy atom. The van der Waals surface area contributed by atoms with Crippen LogP contribution in [0.25, 0.3) is 11.1 Å². The molecule has 1 aliphatic heterocycles. The number of ether oxygens (including phenoxy) is 1. The SMILES string of the molecule is COc1ccc(-c2ccc(CN3CCCC3)cc2C)cc1. The molecule has 2 aromatic rings. The molecule has 0 radical (unpaired) electrons. The first-order valence-electron chi connectivity index (χ1n) is 7.72. The highest BCUT2D eigenvalue weighted by Gasteiger charge is 2.12. The molecule has 0 bridgehead atoms. The van der Waals surface area contributed by atoms with Crippen LogP contribution in [0.1, 0.15) is 24.0 Å². The zero-order chi connectivity index (χ0) is 14.7. The van der Waals surface area contributed by atoms with Gasteiger partial charge >= 0.3 is 0 Å². The van der Waals surface area contributed by atoms with E-state index in [0.717, 1.165) is 12.3 Å². The average Bonchev–Trinajstić information content (AvgIpc) is 3.01. The van der Waals surface area contributed by atoms with E-state index in [-0.39, 0.29) is 0 Å². The molecule has 0 saturated carbocycles. The highest BCUT2D eigenvalue weighted by Crippen LogP contribution is 2.27. The van der Waals surface area contributed by atoms with Crippen LogP contribution in [0.4, 0.5) is 0 Å². The third-order valence-electron chi connectivity index (χ3n) is 4.30. The van der Waals surface area contributed by atoms with Gasteiger partial charge in [0.2, 0.25) is 0 Å². The average molecular weight is 281 g/mol. The second kappa shape index (κ2) is 6.31. The molecule has 3 rings (SSSR count). The Labute approximate surface area is 127 Å². The van der Waals surface area contributed by atoms with Crippen LogP contribution in [0, 0.1) is 6.92 Å². The van der Waals surface area contributed by atoms with Crippen LogP contribution in [-0.4, -0.2) is 25.1 Å². The topological polar surface area (TPSA) is 12.5 Å². The number of hydrogen-bond donors (Lipinski definition) is 0. The number of nitrogens with zero attached hydrogens (tertiary/aromatic N) is 1. The van der Waals surface area contributed by atoms with Crippen LogP contribution >= 0.6 is 0 Å². The Morgan fingerprint density at radius 1 is 1.00 bits per heavy atom. The fourth-order valence-corrected chi connectivity index (χ4v) is 3.12. The number of benzene rings is 2. The summed E-state index contributed by atoms with van der Waals surface area (Å²) >= 11 is 0. The summed E-state index contributed by atoms with van der Waals surface area (Å²) in [4.78, 5) is 2.54. The summed E-state index contributed by atoms with van der Waals surface area (Å²) in [6, 6.07) is 15.1. The van der Waals surface area contributed by atoms with Crippen LogP contribution in [0.5, 0.6) is 5.75 Å². The summed E-state index contributed by atoms with van der Waals surface area (Å²) < 4.78 is 5.22. The van der Waals surface area contributed by atoms with Crippen LogP contribution in [0.15, 0.2) is 42.5 Å². The van der Waals surface area contributed by atoms with E-state index in [9.17, 15) is 0 Å². The van der Waals surface area contributed by atoms with Crippen molar-refractivity contribution in [2.75, 3.05) is 20.2 Å². The molecule has 110 valence electrons. The fourth-order valence-electron chi connectivity index (χ4n) is 3.12. The quantitative estimate of drug-likeness (QED) is 0.830. The Morgan fingerprint density at radius 2 is 1.71 bits per heavy atom. The molecule has 0 atom stereocenters. The Balaban J connectivity index is 1.79. The molecule has 2 nitrogen and oxygen atoms in total. The van der Waals surface area contributed by atoms with Gasteiger partial charge in [-0.1, -0.05) is 30.3 Å². The van der Waals surface area contributed by atoms with Gasteiger partial charge in [0.15, 0.2) is 0 Å². The zero-order valence-electron chi connectivity index (χ0n) is 12.9. The van der Waals surface area contributed by atoms with Crippen LogP contribution in [0.3, 0.4) is 0 Å². The minimum atomic E-state index is 0.905. The lowest BCUT2D eigenvalue weighted by atomic mass is 9.98. The molecule has 21 heavy (non-hydrogen) atoms. The van der Waals surface area contributed by atoms with Crippen molar-refractivity contribution in [1.82, 2.24) is 4.90 Å². The second-order valence-corrected chi connectivity index (χ2v) is 5.86. The van der Waals surface area contributed by atoms with Crippen molar-refractivity contribution in [3.05, 3.63) is 53.6 Å². The van der Waals surface area contributed by atoms with Gasteiger partial charge in [0.25, 0.3) is 0 Å². The van der Waals surface area contributed by atoms with Gasteiger partial charge in [-0.2, -0.15) is 0 Å². The molecule has 0 spiro atoms. The van der Waals surface area contributed by atoms with Gasteiger partial charge in [0.05, 0.1) is 7.11 Å². The normalized spacial score (nSPS) is 15.3. The van der Waals surface area contributed by atoms with Gasteiger partial charge in [0, 0.05) is 6.54 Å². The number of methoxy groups -OCH3 is 1. The maximum atomic E-state index is 5.22. The lowest BCUT2D eigenvalue weighted by molar-refractivity contribution is 0.331. The molecule has 0 amide bonds. The summed E-state index contributed by atoms with van der Waals surface area (Å²) in [5.74, 6) is 0.905. The number of rotatable bonds is 4. The minimum absolute atomic E-state index is 0.905. The third kappa shape index (κ3) is 3.27. The first-order chi connectivity index (χ1) is 10.3. The highest BCUT2D eigenvalue weighted by atomic mass is 16.5. The summed E-state index contributed by atoms with van der Waals surface area (Å²) in [5, 5.41) is 0. The van der Waals surface area contributed by atoms with Crippen molar-refractivity contribution in [2.45, 2.75) is 26.3 Å². The predicted octanol–water partition coefficient (Wildman–Crippen LogP) is 4.27. The van der Waals surface area contributed by atoms with E-state index < -0.39 is 0 Å². The summed E-state index contributed by atoms with van der Waals surface area (Å²) in [7, 11) is 1.70. The van der Waals surface area contributed by atoms with Crippen LogP contribution in [-0.2, 0) is 6.54 Å². The highest BCUT2D eigenvalue weighted by molar-refractivity contribution is 5.68. The fraction of sp³-hybridized carbons (Fsp3) is 0.368. The molecule has 2 heteroatoms. The van der Waals surface area contributed by atoms with E-state index in [0.29, 0.717) is 0 Å². The Hall–Kier alpha value is -1.80. The first-order valence-corrected chi connectivity index (χ1v) is 7.72. The molecule has 1 fully saturated rings. The summed E-state index contributed by atoms with van der Waals surface area (Å²) in [5.41, 5.74) is 5.33. The van der Waals surface area contributed by atoms with Crippen molar-refractivity contribution in [3.63, 3.8) is 0 Å². The minimum Gasteiger partial charge on any atom is -0.497 e. The van der Waals surface area contributed by atoms with Crippen molar-refractivity contribution in [3.8, 4) is 16.9 Å². The smallest absolute Gasteiger partial charge is 0.118 e. The van der Waals surface area contributed by atoms with E-state index >= 15 is 0 Å². The van der Waals surface area contributed by atoms with E-state index in [1.807, 2.05) is 12.1 Å². The van der Waals surface area contributed by atoms with Crippen molar-refractivity contribution < 1.29 is 4.74 Å². The van der Waals surface area contributed by atoms with Crippen LogP contribution in [0.2, 0.25) is 0 Å². The van der Waals surface area contributed by atoms with Crippen LogP contribution < -0.4 is 4.74 Å². The largest absolute Gasteiger partial charge is 0.497 e. The van der Waals surface area contributed by atoms with Crippen molar-refractivity contribution in [2.24, 2.45) is 0 Å². The molecule has 0 aliphatic carbocycles. The van der Waals surface area contributed by atoms with Crippen molar-refractivity contribution in [1.29, 1.82) is 0 Å². The number of aryl methyl sites for hydroxylation is 1. The first kappa shape index (κ1) is 14.2. The molecule has 1 heterocycles. The molecular formula is C19H23NO. The lowest BCUT2D eigenvalue weighted by Gasteiger charge is -2.16. The van der Waals surface area contributed by atoms with E-state index in [2.05, 4.69) is 42.2 Å². The van der Waals surface area contributed by atoms with E-state index in [4.69, 9.17) is 4.74 Å². The van der Waals surface area contributed by atoms with Gasteiger partial charge < -0.3 is 4.74 Å². The Bertz CT molecular complexity index is 597. The molecule has 1 aliphatic rings. The standard InChI is InChI=1S/C19H23NO/c1-15-13-16(14-20-11-3-4-12-20)5-10-19(15)17-6-8-18(21-2)9-7-17/h5-10,13H,3-4,11-12,14H2,1-2H3. The zero-order valence-corrected chi connectivity index (χ0v) is 12.9. The lowest BCUT2D eigenvalue weighted by Crippen LogP contribution is -2.18. The summed E-state index contributed by atoms with van der Waals surface area (Å²) in [6.45, 7) is 5.79.